The van der Waals surface area contributed by atoms with Crippen molar-refractivity contribution in [2.45, 2.75) is 13.1 Å². The average Bonchev–Trinajstić information content (AvgIpc) is 2.91. The van der Waals surface area contributed by atoms with Crippen molar-refractivity contribution in [1.82, 2.24) is 19.6 Å². The van der Waals surface area contributed by atoms with Gasteiger partial charge < -0.3 is 14.7 Å². The van der Waals surface area contributed by atoms with Gasteiger partial charge in [0.25, 0.3) is 0 Å². The van der Waals surface area contributed by atoms with Gasteiger partial charge in [-0.25, -0.2) is 0 Å². The molecule has 1 aromatic rings. The van der Waals surface area contributed by atoms with Crippen molar-refractivity contribution in [2.24, 2.45) is 0 Å². The molecule has 0 atom stereocenters. The lowest BCUT2D eigenvalue weighted by molar-refractivity contribution is 0.204. The number of likely N-dealkylation sites (N-methyl/N-ethyl adjacent to an activating group) is 3. The summed E-state index contributed by atoms with van der Waals surface area (Å²) in [5.41, 5.74) is 3.02. The molecule has 0 N–H and O–H groups in total. The van der Waals surface area contributed by atoms with Crippen LogP contribution in [-0.4, -0.2) is 87.1 Å². The number of nitrogens with zero attached hydrogens (tertiary/aromatic N) is 4. The molecule has 0 bridgehead atoms. The zero-order chi connectivity index (χ0) is 15.9. The first-order valence-corrected chi connectivity index (χ1v) is 8.35. The summed E-state index contributed by atoms with van der Waals surface area (Å²) in [5.74, 6) is 0. The third-order valence-electron chi connectivity index (χ3n) is 4.50. The second-order valence-corrected chi connectivity index (χ2v) is 6.89. The van der Waals surface area contributed by atoms with Crippen molar-refractivity contribution in [3.63, 3.8) is 0 Å². The van der Waals surface area contributed by atoms with E-state index in [0.29, 0.717) is 0 Å². The summed E-state index contributed by atoms with van der Waals surface area (Å²) in [6.07, 6.45) is 0. The Morgan fingerprint density at radius 3 is 1.82 bits per heavy atom. The standard InChI is InChI=1S/C18H32N4/c1-19(2)9-10-20(3)11-12-21(4)13-14-22-15-17-7-5-6-8-18(17)16-22/h5-8H,9-16H2,1-4H3. The highest BCUT2D eigenvalue weighted by Crippen LogP contribution is 2.21. The second kappa shape index (κ2) is 8.63. The van der Waals surface area contributed by atoms with E-state index >= 15 is 0 Å². The Labute approximate surface area is 136 Å². The lowest BCUT2D eigenvalue weighted by atomic mass is 10.1. The van der Waals surface area contributed by atoms with Gasteiger partial charge in [-0.3, -0.25) is 4.90 Å². The molecular formula is C18H32N4. The van der Waals surface area contributed by atoms with Gasteiger partial charge in [-0.1, -0.05) is 24.3 Å². The van der Waals surface area contributed by atoms with Crippen LogP contribution in [0, 0.1) is 0 Å². The Balaban J connectivity index is 1.60. The predicted octanol–water partition coefficient (Wildman–Crippen LogP) is 1.43. The van der Waals surface area contributed by atoms with E-state index in [9.17, 15) is 0 Å². The van der Waals surface area contributed by atoms with Crippen molar-refractivity contribution >= 4 is 0 Å². The van der Waals surface area contributed by atoms with Crippen molar-refractivity contribution in [1.29, 1.82) is 0 Å². The van der Waals surface area contributed by atoms with Gasteiger partial charge in [0, 0.05) is 52.4 Å². The van der Waals surface area contributed by atoms with Gasteiger partial charge in [0.15, 0.2) is 0 Å². The molecule has 0 saturated heterocycles. The van der Waals surface area contributed by atoms with E-state index in [1.54, 1.807) is 0 Å². The minimum atomic E-state index is 1.12. The molecule has 0 saturated carbocycles. The molecule has 22 heavy (non-hydrogen) atoms. The van der Waals surface area contributed by atoms with Gasteiger partial charge in [-0.15, -0.1) is 0 Å². The van der Waals surface area contributed by atoms with Gasteiger partial charge in [-0.2, -0.15) is 0 Å². The van der Waals surface area contributed by atoms with Crippen LogP contribution in [-0.2, 0) is 13.1 Å². The maximum atomic E-state index is 2.55. The zero-order valence-corrected chi connectivity index (χ0v) is 14.8. The van der Waals surface area contributed by atoms with E-state index < -0.39 is 0 Å². The van der Waals surface area contributed by atoms with Crippen LogP contribution in [0.2, 0.25) is 0 Å². The summed E-state index contributed by atoms with van der Waals surface area (Å²) in [6, 6.07) is 8.83. The Kier molecular flexibility index (Phi) is 6.83. The van der Waals surface area contributed by atoms with E-state index in [1.165, 1.54) is 11.1 Å². The van der Waals surface area contributed by atoms with Crippen molar-refractivity contribution in [2.75, 3.05) is 67.5 Å². The first-order valence-electron chi connectivity index (χ1n) is 8.35. The minimum absolute atomic E-state index is 1.12. The van der Waals surface area contributed by atoms with Crippen LogP contribution in [0.15, 0.2) is 24.3 Å². The fraction of sp³-hybridized carbons (Fsp3) is 0.667. The largest absolute Gasteiger partial charge is 0.308 e. The fourth-order valence-corrected chi connectivity index (χ4v) is 2.81. The van der Waals surface area contributed by atoms with Gasteiger partial charge >= 0.3 is 0 Å². The first-order chi connectivity index (χ1) is 10.5. The quantitative estimate of drug-likeness (QED) is 0.684. The van der Waals surface area contributed by atoms with E-state index in [2.05, 4.69) is 72.1 Å². The molecule has 0 radical (unpaired) electrons. The van der Waals surface area contributed by atoms with E-state index in [4.69, 9.17) is 0 Å². The molecule has 1 heterocycles. The molecule has 1 aliphatic heterocycles. The Morgan fingerprint density at radius 2 is 1.27 bits per heavy atom. The molecule has 2 rings (SSSR count). The van der Waals surface area contributed by atoms with E-state index in [0.717, 1.165) is 52.4 Å². The van der Waals surface area contributed by atoms with Gasteiger partial charge in [0.05, 0.1) is 0 Å². The first kappa shape index (κ1) is 17.4. The van der Waals surface area contributed by atoms with Gasteiger partial charge in [-0.05, 0) is 39.3 Å². The molecule has 1 aliphatic rings. The van der Waals surface area contributed by atoms with Crippen molar-refractivity contribution in [3.8, 4) is 0 Å². The lowest BCUT2D eigenvalue weighted by Crippen LogP contribution is -2.37. The molecule has 4 nitrogen and oxygen atoms in total. The third kappa shape index (κ3) is 5.69. The normalized spacial score (nSPS) is 15.2. The number of benzene rings is 1. The number of hydrogen-bond donors (Lipinski definition) is 0. The SMILES string of the molecule is CN(C)CCN(C)CCN(C)CCN1Cc2ccccc2C1. The number of hydrogen-bond acceptors (Lipinski definition) is 4. The highest BCUT2D eigenvalue weighted by Gasteiger charge is 2.17. The lowest BCUT2D eigenvalue weighted by Gasteiger charge is -2.25. The van der Waals surface area contributed by atoms with Gasteiger partial charge in [0.1, 0.15) is 0 Å². The predicted molar refractivity (Wildman–Crippen MR) is 94.1 cm³/mol. The number of rotatable bonds is 9. The van der Waals surface area contributed by atoms with Crippen LogP contribution in [0.5, 0.6) is 0 Å². The van der Waals surface area contributed by atoms with Crippen molar-refractivity contribution in [3.05, 3.63) is 35.4 Å². The molecule has 0 spiro atoms. The smallest absolute Gasteiger partial charge is 0.0241 e. The van der Waals surface area contributed by atoms with Crippen LogP contribution >= 0.6 is 0 Å². The summed E-state index contributed by atoms with van der Waals surface area (Å²) in [5, 5.41) is 0. The Morgan fingerprint density at radius 1 is 0.773 bits per heavy atom. The maximum absolute atomic E-state index is 2.55. The fourth-order valence-electron chi connectivity index (χ4n) is 2.81. The molecule has 0 aliphatic carbocycles. The highest BCUT2D eigenvalue weighted by atomic mass is 15.2. The summed E-state index contributed by atoms with van der Waals surface area (Å²) < 4.78 is 0. The summed E-state index contributed by atoms with van der Waals surface area (Å²) in [4.78, 5) is 9.67. The zero-order valence-electron chi connectivity index (χ0n) is 14.8. The third-order valence-corrected chi connectivity index (χ3v) is 4.50. The van der Waals surface area contributed by atoms with E-state index in [-0.39, 0.29) is 0 Å². The summed E-state index contributed by atoms with van der Waals surface area (Å²) in [6.45, 7) is 9.10. The van der Waals surface area contributed by atoms with Crippen LogP contribution in [0.1, 0.15) is 11.1 Å². The Hall–Kier alpha value is -0.940. The highest BCUT2D eigenvalue weighted by molar-refractivity contribution is 5.30. The summed E-state index contributed by atoms with van der Waals surface area (Å²) >= 11 is 0. The Bertz CT molecular complexity index is 421. The number of fused-ring (bicyclic) bond motifs is 1. The van der Waals surface area contributed by atoms with Crippen LogP contribution < -0.4 is 0 Å². The maximum Gasteiger partial charge on any atom is 0.0241 e. The summed E-state index contributed by atoms with van der Waals surface area (Å²) in [7, 11) is 8.72. The molecule has 124 valence electrons. The van der Waals surface area contributed by atoms with E-state index in [1.807, 2.05) is 0 Å². The van der Waals surface area contributed by atoms with Crippen molar-refractivity contribution < 1.29 is 0 Å². The minimum Gasteiger partial charge on any atom is -0.308 e. The molecule has 4 heteroatoms. The molecule has 0 unspecified atom stereocenters. The average molecular weight is 304 g/mol. The molecule has 0 fully saturated rings. The van der Waals surface area contributed by atoms with Gasteiger partial charge in [0.2, 0.25) is 0 Å². The topological polar surface area (TPSA) is 13.0 Å². The van der Waals surface area contributed by atoms with Crippen LogP contribution in [0.25, 0.3) is 0 Å². The van der Waals surface area contributed by atoms with Crippen LogP contribution in [0.3, 0.4) is 0 Å². The van der Waals surface area contributed by atoms with Crippen LogP contribution in [0.4, 0.5) is 0 Å². The molecule has 0 amide bonds. The molecule has 0 aromatic heterocycles. The molecular weight excluding hydrogens is 272 g/mol. The molecule has 1 aromatic carbocycles. The second-order valence-electron chi connectivity index (χ2n) is 6.89. The monoisotopic (exact) mass is 304 g/mol.